The number of halogens is 2. The molecule has 0 radical (unpaired) electrons. The molecule has 4 nitrogen and oxygen atoms in total. The lowest BCUT2D eigenvalue weighted by Gasteiger charge is -2.30. The summed E-state index contributed by atoms with van der Waals surface area (Å²) < 4.78 is 13.0. The smallest absolute Gasteiger partial charge is 0.319 e. The van der Waals surface area contributed by atoms with Gasteiger partial charge in [-0.25, -0.2) is 9.18 Å². The van der Waals surface area contributed by atoms with Crippen LogP contribution in [-0.4, -0.2) is 25.2 Å². The molecule has 2 aromatic carbocycles. The Morgan fingerprint density at radius 2 is 1.85 bits per heavy atom. The molecule has 0 saturated carbocycles. The van der Waals surface area contributed by atoms with Gasteiger partial charge in [-0.1, -0.05) is 23.7 Å². The molecule has 2 amide bonds. The van der Waals surface area contributed by atoms with Crippen molar-refractivity contribution in [3.63, 3.8) is 0 Å². The lowest BCUT2D eigenvalue weighted by molar-refractivity contribution is 0.247. The second-order valence-electron chi connectivity index (χ2n) is 6.72. The molecule has 3 N–H and O–H groups in total. The van der Waals surface area contributed by atoms with Crippen molar-refractivity contribution in [1.82, 2.24) is 10.6 Å². The Kier molecular flexibility index (Phi) is 6.47. The van der Waals surface area contributed by atoms with Crippen LogP contribution in [0.25, 0.3) is 0 Å². The molecule has 0 aromatic heterocycles. The highest BCUT2D eigenvalue weighted by Gasteiger charge is 2.21. The molecule has 138 valence electrons. The van der Waals surface area contributed by atoms with Gasteiger partial charge in [0.05, 0.1) is 0 Å². The molecule has 1 aliphatic rings. The highest BCUT2D eigenvalue weighted by atomic mass is 35.5. The molecule has 26 heavy (non-hydrogen) atoms. The Labute approximate surface area is 158 Å². The number of anilines is 1. The lowest BCUT2D eigenvalue weighted by atomic mass is 9.89. The third-order valence-corrected chi connectivity index (χ3v) is 4.92. The molecule has 1 fully saturated rings. The Bertz CT molecular complexity index is 713. The molecular formula is C20H23ClFN3O. The minimum Gasteiger partial charge on any atom is -0.336 e. The predicted octanol–water partition coefficient (Wildman–Crippen LogP) is 4.21. The van der Waals surface area contributed by atoms with Crippen molar-refractivity contribution in [2.24, 2.45) is 5.92 Å². The second kappa shape index (κ2) is 9.01. The lowest BCUT2D eigenvalue weighted by Crippen LogP contribution is -2.47. The fourth-order valence-electron chi connectivity index (χ4n) is 3.20. The average Bonchev–Trinajstić information content (AvgIpc) is 2.65. The number of carbonyl (C=O) groups is 1. The van der Waals surface area contributed by atoms with Crippen molar-refractivity contribution in [3.05, 3.63) is 64.9 Å². The first-order valence-corrected chi connectivity index (χ1v) is 9.24. The summed E-state index contributed by atoms with van der Waals surface area (Å²) in [7, 11) is 0. The monoisotopic (exact) mass is 375 g/mol. The van der Waals surface area contributed by atoms with Gasteiger partial charge in [-0.2, -0.15) is 0 Å². The summed E-state index contributed by atoms with van der Waals surface area (Å²) in [5, 5.41) is 9.82. The molecule has 0 spiro atoms. The van der Waals surface area contributed by atoms with Crippen LogP contribution in [0.5, 0.6) is 0 Å². The van der Waals surface area contributed by atoms with Gasteiger partial charge in [0.15, 0.2) is 0 Å². The largest absolute Gasteiger partial charge is 0.336 e. The van der Waals surface area contributed by atoms with Gasteiger partial charge >= 0.3 is 6.03 Å². The molecule has 1 saturated heterocycles. The number of urea groups is 1. The van der Waals surface area contributed by atoms with Gasteiger partial charge in [0.2, 0.25) is 0 Å². The van der Waals surface area contributed by atoms with Crippen molar-refractivity contribution in [1.29, 1.82) is 0 Å². The molecule has 1 heterocycles. The molecule has 0 bridgehead atoms. The zero-order valence-corrected chi connectivity index (χ0v) is 15.2. The van der Waals surface area contributed by atoms with E-state index in [4.69, 9.17) is 11.6 Å². The standard InChI is InChI=1S/C20H23ClFN3O/c21-16-4-9-18(10-5-16)25-20(26)24-13-19-8-3-15(12-23-19)11-14-1-6-17(22)7-2-14/h1-2,4-7,9-10,15,19,23H,3,8,11-13H2,(H2,24,25,26)/t15-,19+/m1/s1. The summed E-state index contributed by atoms with van der Waals surface area (Å²) in [4.78, 5) is 12.0. The van der Waals surface area contributed by atoms with E-state index in [1.807, 2.05) is 12.1 Å². The SMILES string of the molecule is O=C(NC[C@@H]1CC[C@H](Cc2ccc(F)cc2)CN1)Nc1ccc(Cl)cc1. The van der Waals surface area contributed by atoms with E-state index in [0.29, 0.717) is 23.2 Å². The third-order valence-electron chi connectivity index (χ3n) is 4.67. The summed E-state index contributed by atoms with van der Waals surface area (Å²) in [5.74, 6) is 0.345. The molecule has 2 aromatic rings. The van der Waals surface area contributed by atoms with E-state index in [2.05, 4.69) is 16.0 Å². The quantitative estimate of drug-likeness (QED) is 0.733. The Balaban J connectivity index is 1.36. The zero-order chi connectivity index (χ0) is 18.4. The highest BCUT2D eigenvalue weighted by molar-refractivity contribution is 6.30. The van der Waals surface area contributed by atoms with Crippen LogP contribution in [-0.2, 0) is 6.42 Å². The van der Waals surface area contributed by atoms with Crippen molar-refractivity contribution < 1.29 is 9.18 Å². The van der Waals surface area contributed by atoms with Crippen molar-refractivity contribution >= 4 is 23.3 Å². The molecule has 1 aliphatic heterocycles. The number of carbonyl (C=O) groups excluding carboxylic acids is 1. The summed E-state index contributed by atoms with van der Waals surface area (Å²) in [6, 6.07) is 13.8. The summed E-state index contributed by atoms with van der Waals surface area (Å²) in [6.07, 6.45) is 3.05. The van der Waals surface area contributed by atoms with Gasteiger partial charge in [-0.05, 0) is 73.7 Å². The summed E-state index contributed by atoms with van der Waals surface area (Å²) in [6.45, 7) is 1.49. The fourth-order valence-corrected chi connectivity index (χ4v) is 3.33. The van der Waals surface area contributed by atoms with Crippen molar-refractivity contribution in [2.75, 3.05) is 18.4 Å². The van der Waals surface area contributed by atoms with Crippen molar-refractivity contribution in [3.8, 4) is 0 Å². The summed E-state index contributed by atoms with van der Waals surface area (Å²) in [5.41, 5.74) is 1.87. The Morgan fingerprint density at radius 3 is 2.50 bits per heavy atom. The predicted molar refractivity (Wildman–Crippen MR) is 103 cm³/mol. The van der Waals surface area contributed by atoms with Gasteiger partial charge in [-0.15, -0.1) is 0 Å². The van der Waals surface area contributed by atoms with E-state index >= 15 is 0 Å². The molecule has 0 aliphatic carbocycles. The third kappa shape index (κ3) is 5.71. The second-order valence-corrected chi connectivity index (χ2v) is 7.16. The van der Waals surface area contributed by atoms with E-state index in [9.17, 15) is 9.18 Å². The number of benzene rings is 2. The van der Waals surface area contributed by atoms with Crippen LogP contribution in [0.3, 0.4) is 0 Å². The van der Waals surface area contributed by atoms with Crippen molar-refractivity contribution in [2.45, 2.75) is 25.3 Å². The van der Waals surface area contributed by atoms with E-state index in [-0.39, 0.29) is 17.9 Å². The normalized spacial score (nSPS) is 19.8. The Morgan fingerprint density at radius 1 is 1.12 bits per heavy atom. The first-order chi connectivity index (χ1) is 12.6. The number of amides is 2. The number of piperidine rings is 1. The van der Waals surface area contributed by atoms with Crippen LogP contribution >= 0.6 is 11.6 Å². The van der Waals surface area contributed by atoms with E-state index in [0.717, 1.165) is 31.4 Å². The maximum Gasteiger partial charge on any atom is 0.319 e. The Hall–Kier alpha value is -2.11. The van der Waals surface area contributed by atoms with Gasteiger partial charge in [-0.3, -0.25) is 0 Å². The van der Waals surface area contributed by atoms with Gasteiger partial charge in [0, 0.05) is 23.3 Å². The minimum atomic E-state index is -0.220. The van der Waals surface area contributed by atoms with Crippen LogP contribution in [0.15, 0.2) is 48.5 Å². The van der Waals surface area contributed by atoms with E-state index < -0.39 is 0 Å². The zero-order valence-electron chi connectivity index (χ0n) is 14.5. The van der Waals surface area contributed by atoms with E-state index in [1.165, 1.54) is 12.1 Å². The first-order valence-electron chi connectivity index (χ1n) is 8.87. The molecule has 2 atom stereocenters. The van der Waals surface area contributed by atoms with Crippen LogP contribution in [0, 0.1) is 11.7 Å². The van der Waals surface area contributed by atoms with E-state index in [1.54, 1.807) is 24.3 Å². The average molecular weight is 376 g/mol. The fraction of sp³-hybridized carbons (Fsp3) is 0.350. The first kappa shape index (κ1) is 18.7. The molecule has 6 heteroatoms. The maximum atomic E-state index is 13.0. The van der Waals surface area contributed by atoms with Crippen LogP contribution in [0.4, 0.5) is 14.9 Å². The highest BCUT2D eigenvalue weighted by Crippen LogP contribution is 2.19. The minimum absolute atomic E-state index is 0.196. The van der Waals surface area contributed by atoms with Crippen LogP contribution in [0.2, 0.25) is 5.02 Å². The van der Waals surface area contributed by atoms with Gasteiger partial charge < -0.3 is 16.0 Å². The van der Waals surface area contributed by atoms with Crippen LogP contribution < -0.4 is 16.0 Å². The van der Waals surface area contributed by atoms with Crippen LogP contribution in [0.1, 0.15) is 18.4 Å². The van der Waals surface area contributed by atoms with Gasteiger partial charge in [0.1, 0.15) is 5.82 Å². The molecular weight excluding hydrogens is 353 g/mol. The molecule has 3 rings (SSSR count). The number of nitrogens with one attached hydrogen (secondary N) is 3. The van der Waals surface area contributed by atoms with Gasteiger partial charge in [0.25, 0.3) is 0 Å². The number of hydrogen-bond acceptors (Lipinski definition) is 2. The topological polar surface area (TPSA) is 53.2 Å². The summed E-state index contributed by atoms with van der Waals surface area (Å²) >= 11 is 5.83. The number of rotatable bonds is 5. The molecule has 0 unspecified atom stereocenters. The number of hydrogen-bond donors (Lipinski definition) is 3. The maximum absolute atomic E-state index is 13.0.